The number of halogens is 2. The van der Waals surface area contributed by atoms with Crippen LogP contribution in [0.15, 0.2) is 18.2 Å². The largest absolute Gasteiger partial charge is 0.379 e. The molecular weight excluding hydrogens is 254 g/mol. The SMILES string of the molecule is CCCCOCCOCC(=O)c1cc(F)ccc1F. The van der Waals surface area contributed by atoms with Crippen LogP contribution >= 0.6 is 0 Å². The highest BCUT2D eigenvalue weighted by Crippen LogP contribution is 2.10. The van der Waals surface area contributed by atoms with E-state index < -0.39 is 17.4 Å². The molecule has 0 heterocycles. The predicted octanol–water partition coefficient (Wildman–Crippen LogP) is 2.98. The van der Waals surface area contributed by atoms with Crippen LogP contribution in [0.5, 0.6) is 0 Å². The first-order valence-electron chi connectivity index (χ1n) is 6.29. The summed E-state index contributed by atoms with van der Waals surface area (Å²) in [6.45, 7) is 3.08. The minimum absolute atomic E-state index is 0.256. The van der Waals surface area contributed by atoms with Crippen molar-refractivity contribution in [2.24, 2.45) is 0 Å². The Morgan fingerprint density at radius 3 is 2.63 bits per heavy atom. The van der Waals surface area contributed by atoms with Crippen molar-refractivity contribution in [3.05, 3.63) is 35.4 Å². The number of hydrogen-bond donors (Lipinski definition) is 0. The molecule has 0 spiro atoms. The fraction of sp³-hybridized carbons (Fsp3) is 0.500. The number of carbonyl (C=O) groups excluding carboxylic acids is 1. The normalized spacial score (nSPS) is 10.7. The Labute approximate surface area is 111 Å². The van der Waals surface area contributed by atoms with Crippen molar-refractivity contribution in [2.45, 2.75) is 19.8 Å². The van der Waals surface area contributed by atoms with Gasteiger partial charge in [-0.05, 0) is 24.6 Å². The molecule has 0 saturated heterocycles. The van der Waals surface area contributed by atoms with Gasteiger partial charge in [0.2, 0.25) is 0 Å². The zero-order chi connectivity index (χ0) is 14.1. The first-order valence-corrected chi connectivity index (χ1v) is 6.29. The van der Waals surface area contributed by atoms with Gasteiger partial charge in [-0.25, -0.2) is 8.78 Å². The molecule has 1 aromatic carbocycles. The van der Waals surface area contributed by atoms with E-state index in [1.54, 1.807) is 0 Å². The first-order chi connectivity index (χ1) is 9.15. The molecule has 0 aliphatic carbocycles. The molecule has 106 valence electrons. The molecule has 19 heavy (non-hydrogen) atoms. The molecule has 0 saturated carbocycles. The van der Waals surface area contributed by atoms with Crippen molar-refractivity contribution in [3.8, 4) is 0 Å². The number of ketones is 1. The van der Waals surface area contributed by atoms with E-state index in [0.29, 0.717) is 13.2 Å². The molecule has 0 bridgehead atoms. The van der Waals surface area contributed by atoms with Crippen LogP contribution in [-0.2, 0) is 9.47 Å². The maximum atomic E-state index is 13.3. The molecule has 0 N–H and O–H groups in total. The van der Waals surface area contributed by atoms with Gasteiger partial charge in [-0.15, -0.1) is 0 Å². The van der Waals surface area contributed by atoms with Crippen LogP contribution in [-0.4, -0.2) is 32.2 Å². The van der Waals surface area contributed by atoms with Crippen LogP contribution in [0.3, 0.4) is 0 Å². The summed E-state index contributed by atoms with van der Waals surface area (Å²) in [5.74, 6) is -1.97. The second-order valence-corrected chi connectivity index (χ2v) is 4.07. The van der Waals surface area contributed by atoms with Crippen LogP contribution in [0, 0.1) is 11.6 Å². The van der Waals surface area contributed by atoms with Gasteiger partial charge in [0.1, 0.15) is 18.2 Å². The van der Waals surface area contributed by atoms with Gasteiger partial charge < -0.3 is 9.47 Å². The van der Waals surface area contributed by atoms with Crippen molar-refractivity contribution in [2.75, 3.05) is 26.4 Å². The lowest BCUT2D eigenvalue weighted by molar-refractivity contribution is 0.0430. The number of carbonyl (C=O) groups is 1. The highest BCUT2D eigenvalue weighted by molar-refractivity contribution is 5.97. The number of hydrogen-bond acceptors (Lipinski definition) is 3. The standard InChI is InChI=1S/C14H18F2O3/c1-2-3-6-18-7-8-19-10-14(17)12-9-11(15)4-5-13(12)16/h4-5,9H,2-3,6-8,10H2,1H3. The summed E-state index contributed by atoms with van der Waals surface area (Å²) in [4.78, 5) is 11.6. The third kappa shape index (κ3) is 5.89. The number of ether oxygens (including phenoxy) is 2. The minimum Gasteiger partial charge on any atom is -0.379 e. The molecular formula is C14H18F2O3. The van der Waals surface area contributed by atoms with E-state index in [9.17, 15) is 13.6 Å². The number of benzene rings is 1. The molecule has 5 heteroatoms. The summed E-state index contributed by atoms with van der Waals surface area (Å²) in [6, 6.07) is 2.77. The maximum Gasteiger partial charge on any atom is 0.191 e. The molecule has 0 unspecified atom stereocenters. The Balaban J connectivity index is 2.26. The third-order valence-corrected chi connectivity index (χ3v) is 2.48. The summed E-state index contributed by atoms with van der Waals surface area (Å²) < 4.78 is 36.5. The van der Waals surface area contributed by atoms with Crippen molar-refractivity contribution in [1.82, 2.24) is 0 Å². The van der Waals surface area contributed by atoms with Crippen molar-refractivity contribution >= 4 is 5.78 Å². The molecule has 0 fully saturated rings. The van der Waals surface area contributed by atoms with E-state index in [0.717, 1.165) is 31.0 Å². The Kier molecular flexibility index (Phi) is 7.22. The van der Waals surface area contributed by atoms with Gasteiger partial charge in [-0.2, -0.15) is 0 Å². The predicted molar refractivity (Wildman–Crippen MR) is 67.2 cm³/mol. The highest BCUT2D eigenvalue weighted by atomic mass is 19.1. The second-order valence-electron chi connectivity index (χ2n) is 4.07. The number of Topliss-reactive ketones (excluding diaryl/α,β-unsaturated/α-hetero) is 1. The average molecular weight is 272 g/mol. The highest BCUT2D eigenvalue weighted by Gasteiger charge is 2.12. The number of rotatable bonds is 9. The molecule has 1 rings (SSSR count). The molecule has 0 amide bonds. The summed E-state index contributed by atoms with van der Waals surface area (Å²) >= 11 is 0. The second kappa shape index (κ2) is 8.72. The van der Waals surface area contributed by atoms with E-state index in [-0.39, 0.29) is 18.8 Å². The molecule has 0 aromatic heterocycles. The lowest BCUT2D eigenvalue weighted by atomic mass is 10.1. The van der Waals surface area contributed by atoms with Crippen molar-refractivity contribution < 1.29 is 23.0 Å². The topological polar surface area (TPSA) is 35.5 Å². The lowest BCUT2D eigenvalue weighted by Gasteiger charge is -2.06. The summed E-state index contributed by atoms with van der Waals surface area (Å²) in [5, 5.41) is 0. The maximum absolute atomic E-state index is 13.3. The van der Waals surface area contributed by atoms with Crippen LogP contribution in [0.4, 0.5) is 8.78 Å². The van der Waals surface area contributed by atoms with Gasteiger partial charge in [0, 0.05) is 6.61 Å². The van der Waals surface area contributed by atoms with Crippen molar-refractivity contribution in [3.63, 3.8) is 0 Å². The van der Waals surface area contributed by atoms with E-state index in [4.69, 9.17) is 9.47 Å². The van der Waals surface area contributed by atoms with E-state index in [1.807, 2.05) is 0 Å². The smallest absolute Gasteiger partial charge is 0.191 e. The lowest BCUT2D eigenvalue weighted by Crippen LogP contribution is -2.14. The van der Waals surface area contributed by atoms with Gasteiger partial charge in [-0.1, -0.05) is 13.3 Å². The minimum atomic E-state index is -0.741. The van der Waals surface area contributed by atoms with Gasteiger partial charge in [0.25, 0.3) is 0 Å². The van der Waals surface area contributed by atoms with Gasteiger partial charge in [-0.3, -0.25) is 4.79 Å². The monoisotopic (exact) mass is 272 g/mol. The first kappa shape index (κ1) is 15.7. The Morgan fingerprint density at radius 2 is 1.89 bits per heavy atom. The van der Waals surface area contributed by atoms with Crippen LogP contribution in [0.1, 0.15) is 30.1 Å². The zero-order valence-electron chi connectivity index (χ0n) is 11.0. The molecule has 0 atom stereocenters. The molecule has 3 nitrogen and oxygen atoms in total. The quantitative estimate of drug-likeness (QED) is 0.512. The van der Waals surface area contributed by atoms with Crippen LogP contribution in [0.2, 0.25) is 0 Å². The fourth-order valence-electron chi connectivity index (χ4n) is 1.42. The van der Waals surface area contributed by atoms with Crippen LogP contribution < -0.4 is 0 Å². The molecule has 0 aliphatic rings. The summed E-state index contributed by atoms with van der Waals surface area (Å²) in [7, 11) is 0. The Bertz CT molecular complexity index is 408. The van der Waals surface area contributed by atoms with Gasteiger partial charge >= 0.3 is 0 Å². The van der Waals surface area contributed by atoms with Gasteiger partial charge in [0.05, 0.1) is 18.8 Å². The van der Waals surface area contributed by atoms with E-state index in [1.165, 1.54) is 0 Å². The van der Waals surface area contributed by atoms with E-state index >= 15 is 0 Å². The Hall–Kier alpha value is -1.33. The van der Waals surface area contributed by atoms with Crippen molar-refractivity contribution in [1.29, 1.82) is 0 Å². The zero-order valence-corrected chi connectivity index (χ0v) is 11.0. The summed E-state index contributed by atoms with van der Waals surface area (Å²) in [5.41, 5.74) is -0.285. The van der Waals surface area contributed by atoms with E-state index in [2.05, 4.69) is 6.92 Å². The fourth-order valence-corrected chi connectivity index (χ4v) is 1.42. The third-order valence-electron chi connectivity index (χ3n) is 2.48. The Morgan fingerprint density at radius 1 is 1.16 bits per heavy atom. The van der Waals surface area contributed by atoms with Gasteiger partial charge in [0.15, 0.2) is 5.78 Å². The van der Waals surface area contributed by atoms with Crippen LogP contribution in [0.25, 0.3) is 0 Å². The number of unbranched alkanes of at least 4 members (excludes halogenated alkanes) is 1. The molecule has 1 aromatic rings. The average Bonchev–Trinajstić information content (AvgIpc) is 2.40. The molecule has 0 aliphatic heterocycles. The molecule has 0 radical (unpaired) electrons. The summed E-state index contributed by atoms with van der Waals surface area (Å²) in [6.07, 6.45) is 2.03.